The number of amides is 2. The number of benzene rings is 2. The zero-order valence-electron chi connectivity index (χ0n) is 14.1. The van der Waals surface area contributed by atoms with Gasteiger partial charge in [-0.3, -0.25) is 9.59 Å². The van der Waals surface area contributed by atoms with Crippen molar-refractivity contribution in [3.63, 3.8) is 0 Å². The van der Waals surface area contributed by atoms with Gasteiger partial charge in [-0.1, -0.05) is 18.2 Å². The van der Waals surface area contributed by atoms with Crippen LogP contribution in [-0.4, -0.2) is 42.4 Å². The number of nitrogens with one attached hydrogen (secondary N) is 2. The number of carbonyl (C=O) groups is 2. The lowest BCUT2D eigenvalue weighted by Gasteiger charge is -2.34. The molecule has 0 radical (unpaired) electrons. The minimum atomic E-state index is -0.162. The van der Waals surface area contributed by atoms with Crippen LogP contribution >= 0.6 is 12.4 Å². The van der Waals surface area contributed by atoms with Crippen LogP contribution in [0.5, 0.6) is 0 Å². The molecule has 132 valence electrons. The molecular weight excluding hydrogens is 338 g/mol. The van der Waals surface area contributed by atoms with Crippen molar-refractivity contribution in [3.05, 3.63) is 65.7 Å². The van der Waals surface area contributed by atoms with Gasteiger partial charge in [-0.05, 0) is 43.3 Å². The van der Waals surface area contributed by atoms with Gasteiger partial charge in [-0.2, -0.15) is 0 Å². The molecule has 1 unspecified atom stereocenters. The number of piperazine rings is 1. The lowest BCUT2D eigenvalue weighted by atomic mass is 10.1. The number of anilines is 1. The van der Waals surface area contributed by atoms with Gasteiger partial charge in [0.25, 0.3) is 11.8 Å². The van der Waals surface area contributed by atoms with Crippen molar-refractivity contribution >= 4 is 29.9 Å². The highest BCUT2D eigenvalue weighted by atomic mass is 35.5. The van der Waals surface area contributed by atoms with Gasteiger partial charge >= 0.3 is 0 Å². The summed E-state index contributed by atoms with van der Waals surface area (Å²) in [7, 11) is 0. The van der Waals surface area contributed by atoms with Gasteiger partial charge in [0.15, 0.2) is 0 Å². The minimum Gasteiger partial charge on any atom is -0.333 e. The first-order valence-electron chi connectivity index (χ1n) is 8.13. The average Bonchev–Trinajstić information content (AvgIpc) is 2.63. The predicted molar refractivity (Wildman–Crippen MR) is 101 cm³/mol. The Labute approximate surface area is 153 Å². The fourth-order valence-electron chi connectivity index (χ4n) is 2.80. The van der Waals surface area contributed by atoms with E-state index in [1.54, 1.807) is 36.4 Å². The SMILES string of the molecule is CC1CNCCN1C(=O)c1ccc(NC(=O)c2ccccc2)cc1.Cl. The third-order valence-electron chi connectivity index (χ3n) is 4.19. The smallest absolute Gasteiger partial charge is 0.255 e. The third kappa shape index (κ3) is 4.59. The largest absolute Gasteiger partial charge is 0.333 e. The first-order chi connectivity index (χ1) is 11.6. The van der Waals surface area contributed by atoms with Crippen LogP contribution in [0.25, 0.3) is 0 Å². The predicted octanol–water partition coefficient (Wildman–Crippen LogP) is 2.79. The molecule has 1 saturated heterocycles. The summed E-state index contributed by atoms with van der Waals surface area (Å²) in [6, 6.07) is 16.3. The highest BCUT2D eigenvalue weighted by Gasteiger charge is 2.23. The van der Waals surface area contributed by atoms with Crippen molar-refractivity contribution < 1.29 is 9.59 Å². The molecule has 6 heteroatoms. The van der Waals surface area contributed by atoms with Gasteiger partial charge in [0.1, 0.15) is 0 Å². The monoisotopic (exact) mass is 359 g/mol. The van der Waals surface area contributed by atoms with Crippen LogP contribution < -0.4 is 10.6 Å². The summed E-state index contributed by atoms with van der Waals surface area (Å²) < 4.78 is 0. The molecule has 1 atom stereocenters. The van der Waals surface area contributed by atoms with Crippen LogP contribution in [0.3, 0.4) is 0 Å². The summed E-state index contributed by atoms with van der Waals surface area (Å²) in [6.07, 6.45) is 0. The number of halogens is 1. The summed E-state index contributed by atoms with van der Waals surface area (Å²) in [4.78, 5) is 26.6. The summed E-state index contributed by atoms with van der Waals surface area (Å²) >= 11 is 0. The molecule has 0 saturated carbocycles. The Morgan fingerprint density at radius 2 is 1.72 bits per heavy atom. The van der Waals surface area contributed by atoms with Gasteiger partial charge in [-0.15, -0.1) is 12.4 Å². The summed E-state index contributed by atoms with van der Waals surface area (Å²) in [6.45, 7) is 4.39. The lowest BCUT2D eigenvalue weighted by Crippen LogP contribution is -2.52. The fourth-order valence-corrected chi connectivity index (χ4v) is 2.80. The Bertz CT molecular complexity index is 719. The molecule has 5 nitrogen and oxygen atoms in total. The van der Waals surface area contributed by atoms with Gasteiger partial charge in [-0.25, -0.2) is 0 Å². The number of nitrogens with zero attached hydrogens (tertiary/aromatic N) is 1. The van der Waals surface area contributed by atoms with Crippen molar-refractivity contribution in [2.24, 2.45) is 0 Å². The van der Waals surface area contributed by atoms with Crippen molar-refractivity contribution in [1.82, 2.24) is 10.2 Å². The summed E-state index contributed by atoms with van der Waals surface area (Å²) in [5.74, 6) is -0.129. The van der Waals surface area contributed by atoms with Crippen LogP contribution in [0.15, 0.2) is 54.6 Å². The minimum absolute atomic E-state index is 0. The number of rotatable bonds is 3. The molecular formula is C19H22ClN3O2. The molecule has 2 N–H and O–H groups in total. The summed E-state index contributed by atoms with van der Waals surface area (Å²) in [5, 5.41) is 6.11. The molecule has 0 aliphatic carbocycles. The molecule has 1 aliphatic heterocycles. The second-order valence-corrected chi connectivity index (χ2v) is 5.95. The Hall–Kier alpha value is -2.37. The molecule has 2 aromatic rings. The van der Waals surface area contributed by atoms with E-state index in [0.717, 1.165) is 13.1 Å². The van der Waals surface area contributed by atoms with E-state index in [0.29, 0.717) is 23.4 Å². The third-order valence-corrected chi connectivity index (χ3v) is 4.19. The van der Waals surface area contributed by atoms with Crippen molar-refractivity contribution in [1.29, 1.82) is 0 Å². The number of carbonyl (C=O) groups excluding carboxylic acids is 2. The van der Waals surface area contributed by atoms with E-state index in [4.69, 9.17) is 0 Å². The van der Waals surface area contributed by atoms with Gasteiger partial charge in [0.2, 0.25) is 0 Å². The second kappa shape index (κ2) is 8.65. The van der Waals surface area contributed by atoms with E-state index < -0.39 is 0 Å². The van der Waals surface area contributed by atoms with E-state index in [1.807, 2.05) is 30.0 Å². The van der Waals surface area contributed by atoms with Crippen LogP contribution in [-0.2, 0) is 0 Å². The Kier molecular flexibility index (Phi) is 6.56. The molecule has 2 amide bonds. The maximum atomic E-state index is 12.6. The number of hydrogen-bond acceptors (Lipinski definition) is 3. The van der Waals surface area contributed by atoms with E-state index in [2.05, 4.69) is 10.6 Å². The molecule has 1 fully saturated rings. The molecule has 1 heterocycles. The van der Waals surface area contributed by atoms with Crippen LogP contribution in [0.4, 0.5) is 5.69 Å². The van der Waals surface area contributed by atoms with E-state index >= 15 is 0 Å². The molecule has 0 spiro atoms. The zero-order chi connectivity index (χ0) is 16.9. The summed E-state index contributed by atoms with van der Waals surface area (Å²) in [5.41, 5.74) is 1.92. The normalized spacial score (nSPS) is 16.7. The zero-order valence-corrected chi connectivity index (χ0v) is 14.9. The fraction of sp³-hybridized carbons (Fsp3) is 0.263. The van der Waals surface area contributed by atoms with Gasteiger partial charge in [0, 0.05) is 42.5 Å². The average molecular weight is 360 g/mol. The molecule has 25 heavy (non-hydrogen) atoms. The highest BCUT2D eigenvalue weighted by molar-refractivity contribution is 6.04. The van der Waals surface area contributed by atoms with Gasteiger partial charge < -0.3 is 15.5 Å². The van der Waals surface area contributed by atoms with Crippen molar-refractivity contribution in [2.75, 3.05) is 25.0 Å². The van der Waals surface area contributed by atoms with Crippen LogP contribution in [0, 0.1) is 0 Å². The highest BCUT2D eigenvalue weighted by Crippen LogP contribution is 2.15. The van der Waals surface area contributed by atoms with E-state index in [9.17, 15) is 9.59 Å². The molecule has 3 rings (SSSR count). The maximum absolute atomic E-state index is 12.6. The first kappa shape index (κ1) is 19.0. The quantitative estimate of drug-likeness (QED) is 0.885. The Morgan fingerprint density at radius 3 is 2.36 bits per heavy atom. The molecule has 0 bridgehead atoms. The maximum Gasteiger partial charge on any atom is 0.255 e. The molecule has 0 aromatic heterocycles. The Morgan fingerprint density at radius 1 is 1.04 bits per heavy atom. The van der Waals surface area contributed by atoms with E-state index in [-0.39, 0.29) is 30.3 Å². The molecule has 2 aromatic carbocycles. The Balaban J connectivity index is 0.00000225. The topological polar surface area (TPSA) is 61.4 Å². The van der Waals surface area contributed by atoms with Crippen molar-refractivity contribution in [3.8, 4) is 0 Å². The molecule has 1 aliphatic rings. The van der Waals surface area contributed by atoms with E-state index in [1.165, 1.54) is 0 Å². The van der Waals surface area contributed by atoms with Crippen LogP contribution in [0.1, 0.15) is 27.6 Å². The first-order valence-corrected chi connectivity index (χ1v) is 8.13. The van der Waals surface area contributed by atoms with Crippen LogP contribution in [0.2, 0.25) is 0 Å². The lowest BCUT2D eigenvalue weighted by molar-refractivity contribution is 0.0655. The van der Waals surface area contributed by atoms with Gasteiger partial charge in [0.05, 0.1) is 0 Å². The van der Waals surface area contributed by atoms with Crippen molar-refractivity contribution in [2.45, 2.75) is 13.0 Å². The number of hydrogen-bond donors (Lipinski definition) is 2. The second-order valence-electron chi connectivity index (χ2n) is 5.95. The standard InChI is InChI=1S/C19H21N3O2.ClH/c1-14-13-20-11-12-22(14)19(24)16-7-9-17(10-8-16)21-18(23)15-5-3-2-4-6-15;/h2-10,14,20H,11-13H2,1H3,(H,21,23);1H.